The van der Waals surface area contributed by atoms with Crippen molar-refractivity contribution >= 4 is 23.1 Å². The Labute approximate surface area is 122 Å². The Kier molecular flexibility index (Phi) is 3.54. The Morgan fingerprint density at radius 1 is 1.48 bits per heavy atom. The molecule has 0 aromatic carbocycles. The van der Waals surface area contributed by atoms with Crippen LogP contribution >= 0.6 is 11.3 Å². The smallest absolute Gasteiger partial charge is 0.350 e. The highest BCUT2D eigenvalue weighted by Gasteiger charge is 2.23. The number of hydrogen-bond donors (Lipinski definition) is 1. The van der Waals surface area contributed by atoms with E-state index in [1.807, 2.05) is 4.90 Å². The van der Waals surface area contributed by atoms with Crippen LogP contribution in [0.25, 0.3) is 10.6 Å². The largest absolute Gasteiger partial charge is 0.477 e. The Balaban J connectivity index is 1.84. The predicted octanol–water partition coefficient (Wildman–Crippen LogP) is 2.59. The fourth-order valence-corrected chi connectivity index (χ4v) is 2.96. The first-order chi connectivity index (χ1) is 10.0. The molecule has 3 heterocycles. The van der Waals surface area contributed by atoms with Gasteiger partial charge in [0.15, 0.2) is 4.88 Å². The molecule has 1 atom stereocenters. The molecule has 0 radical (unpaired) electrons. The first-order valence-corrected chi connectivity index (χ1v) is 7.11. The van der Waals surface area contributed by atoms with Gasteiger partial charge in [-0.25, -0.2) is 19.2 Å². The van der Waals surface area contributed by atoms with E-state index in [1.54, 1.807) is 12.1 Å². The van der Waals surface area contributed by atoms with Crippen LogP contribution in [0.15, 0.2) is 18.3 Å². The highest BCUT2D eigenvalue weighted by atomic mass is 32.1. The van der Waals surface area contributed by atoms with Crippen LogP contribution in [0, 0.1) is 5.95 Å². The van der Waals surface area contributed by atoms with Gasteiger partial charge in [-0.2, -0.15) is 4.39 Å². The van der Waals surface area contributed by atoms with Crippen LogP contribution in [-0.2, 0) is 0 Å². The molecule has 1 aliphatic heterocycles. The Morgan fingerprint density at radius 2 is 2.29 bits per heavy atom. The Hall–Kier alpha value is -2.09. The zero-order valence-corrected chi connectivity index (χ0v) is 11.6. The maximum atomic E-state index is 13.4. The quantitative estimate of drug-likeness (QED) is 0.944. The molecule has 110 valence electrons. The third-order valence-electron chi connectivity index (χ3n) is 3.23. The predicted molar refractivity (Wildman–Crippen MR) is 74.0 cm³/mol. The molecule has 1 saturated heterocycles. The van der Waals surface area contributed by atoms with E-state index in [-0.39, 0.29) is 5.01 Å². The molecule has 1 N–H and O–H groups in total. The van der Waals surface area contributed by atoms with E-state index < -0.39 is 23.0 Å². The minimum atomic E-state index is -1.34. The summed E-state index contributed by atoms with van der Waals surface area (Å²) in [5, 5.41) is 9.07. The molecular formula is C13H11F2N3O2S. The molecule has 0 bridgehead atoms. The minimum Gasteiger partial charge on any atom is -0.477 e. The number of carboxylic acid groups (broad SMARTS) is 1. The number of pyridine rings is 1. The number of aromatic nitrogens is 2. The van der Waals surface area contributed by atoms with Crippen molar-refractivity contribution in [2.45, 2.75) is 12.6 Å². The molecule has 0 unspecified atom stereocenters. The number of hydrogen-bond acceptors (Lipinski definition) is 5. The molecule has 0 amide bonds. The van der Waals surface area contributed by atoms with Crippen molar-refractivity contribution in [2.24, 2.45) is 0 Å². The Bertz CT molecular complexity index is 675. The summed E-state index contributed by atoms with van der Waals surface area (Å²) in [7, 11) is 0. The zero-order chi connectivity index (χ0) is 15.0. The molecule has 1 fully saturated rings. The molecular weight excluding hydrogens is 300 g/mol. The lowest BCUT2D eigenvalue weighted by atomic mass is 10.3. The first-order valence-electron chi connectivity index (χ1n) is 6.29. The number of halogens is 2. The average Bonchev–Trinajstić information content (AvgIpc) is 3.05. The first kappa shape index (κ1) is 13.9. The van der Waals surface area contributed by atoms with E-state index in [2.05, 4.69) is 9.97 Å². The number of anilines is 1. The van der Waals surface area contributed by atoms with Crippen molar-refractivity contribution in [2.75, 3.05) is 18.0 Å². The van der Waals surface area contributed by atoms with E-state index >= 15 is 0 Å². The molecule has 21 heavy (non-hydrogen) atoms. The van der Waals surface area contributed by atoms with Crippen molar-refractivity contribution in [1.82, 2.24) is 9.97 Å². The number of thiazole rings is 1. The van der Waals surface area contributed by atoms with E-state index in [9.17, 15) is 13.6 Å². The van der Waals surface area contributed by atoms with E-state index in [0.717, 1.165) is 11.3 Å². The molecule has 0 saturated carbocycles. The van der Waals surface area contributed by atoms with Gasteiger partial charge in [-0.15, -0.1) is 11.3 Å². The fourth-order valence-electron chi connectivity index (χ4n) is 2.18. The van der Waals surface area contributed by atoms with Gasteiger partial charge in [0.25, 0.3) is 0 Å². The lowest BCUT2D eigenvalue weighted by Gasteiger charge is -2.15. The van der Waals surface area contributed by atoms with Gasteiger partial charge in [0.2, 0.25) is 5.95 Å². The summed E-state index contributed by atoms with van der Waals surface area (Å²) < 4.78 is 26.5. The molecule has 3 rings (SSSR count). The van der Waals surface area contributed by atoms with Gasteiger partial charge in [-0.05, 0) is 18.6 Å². The third kappa shape index (κ3) is 2.71. The van der Waals surface area contributed by atoms with Crippen molar-refractivity contribution in [3.8, 4) is 10.6 Å². The summed E-state index contributed by atoms with van der Waals surface area (Å²) in [5.74, 6) is -1.69. The highest BCUT2D eigenvalue weighted by molar-refractivity contribution is 7.16. The van der Waals surface area contributed by atoms with Crippen LogP contribution in [0.1, 0.15) is 16.1 Å². The van der Waals surface area contributed by atoms with Crippen LogP contribution in [0.3, 0.4) is 0 Å². The highest BCUT2D eigenvalue weighted by Crippen LogP contribution is 2.28. The molecule has 2 aromatic rings. The van der Waals surface area contributed by atoms with Crippen LogP contribution in [0.2, 0.25) is 0 Å². The van der Waals surface area contributed by atoms with Crippen molar-refractivity contribution in [3.63, 3.8) is 0 Å². The van der Waals surface area contributed by atoms with Gasteiger partial charge in [0.1, 0.15) is 17.0 Å². The standard InChI is InChI=1S/C13H11F2N3O2S/c14-8-3-4-18(6-8)9-2-1-7(5-16-9)12-17-11(15)10(21-12)13(19)20/h1-2,5,8H,3-4,6H2,(H,19,20)/t8-/m1/s1. The maximum absolute atomic E-state index is 13.4. The summed E-state index contributed by atoms with van der Waals surface area (Å²) in [6, 6.07) is 3.38. The lowest BCUT2D eigenvalue weighted by molar-refractivity contribution is 0.0697. The summed E-state index contributed by atoms with van der Waals surface area (Å²) in [4.78, 5) is 20.0. The monoisotopic (exact) mass is 311 g/mol. The molecule has 5 nitrogen and oxygen atoms in total. The number of alkyl halides is 1. The zero-order valence-electron chi connectivity index (χ0n) is 10.8. The topological polar surface area (TPSA) is 66.3 Å². The summed E-state index contributed by atoms with van der Waals surface area (Å²) >= 11 is 0.760. The van der Waals surface area contributed by atoms with E-state index in [4.69, 9.17) is 5.11 Å². The SMILES string of the molecule is O=C(O)c1sc(-c2ccc(N3CC[C@@H](F)C3)nc2)nc1F. The fraction of sp³-hybridized carbons (Fsp3) is 0.308. The van der Waals surface area contributed by atoms with Gasteiger partial charge < -0.3 is 10.0 Å². The van der Waals surface area contributed by atoms with Crippen LogP contribution in [-0.4, -0.2) is 40.3 Å². The lowest BCUT2D eigenvalue weighted by Crippen LogP contribution is -2.20. The van der Waals surface area contributed by atoms with Crippen molar-refractivity contribution < 1.29 is 18.7 Å². The van der Waals surface area contributed by atoms with Gasteiger partial charge in [-0.3, -0.25) is 0 Å². The van der Waals surface area contributed by atoms with Gasteiger partial charge in [0, 0.05) is 18.3 Å². The molecule has 8 heteroatoms. The summed E-state index contributed by atoms with van der Waals surface area (Å²) in [6.07, 6.45) is 1.14. The summed E-state index contributed by atoms with van der Waals surface area (Å²) in [6.45, 7) is 0.934. The number of carboxylic acids is 1. The second-order valence-corrected chi connectivity index (χ2v) is 5.68. The number of rotatable bonds is 3. The number of nitrogens with zero attached hydrogens (tertiary/aromatic N) is 3. The normalized spacial score (nSPS) is 18.2. The number of carbonyl (C=O) groups is 1. The molecule has 2 aromatic heterocycles. The van der Waals surface area contributed by atoms with Gasteiger partial charge in [-0.1, -0.05) is 0 Å². The average molecular weight is 311 g/mol. The second kappa shape index (κ2) is 5.36. The maximum Gasteiger partial charge on any atom is 0.350 e. The van der Waals surface area contributed by atoms with Crippen molar-refractivity contribution in [3.05, 3.63) is 29.2 Å². The van der Waals surface area contributed by atoms with Gasteiger partial charge in [0.05, 0.1) is 6.54 Å². The van der Waals surface area contributed by atoms with E-state index in [0.29, 0.717) is 30.9 Å². The third-order valence-corrected chi connectivity index (χ3v) is 4.30. The van der Waals surface area contributed by atoms with Crippen LogP contribution in [0.4, 0.5) is 14.6 Å². The molecule has 1 aliphatic rings. The number of aromatic carboxylic acids is 1. The summed E-state index contributed by atoms with van der Waals surface area (Å²) in [5.41, 5.74) is 0.533. The van der Waals surface area contributed by atoms with Crippen LogP contribution in [0.5, 0.6) is 0 Å². The van der Waals surface area contributed by atoms with E-state index in [1.165, 1.54) is 6.20 Å². The minimum absolute atomic E-state index is 0.258. The van der Waals surface area contributed by atoms with Gasteiger partial charge >= 0.3 is 5.97 Å². The second-order valence-electron chi connectivity index (χ2n) is 4.68. The van der Waals surface area contributed by atoms with Crippen molar-refractivity contribution in [1.29, 1.82) is 0 Å². The molecule has 0 spiro atoms. The molecule has 0 aliphatic carbocycles. The Morgan fingerprint density at radius 3 is 2.81 bits per heavy atom. The van der Waals surface area contributed by atoms with Crippen LogP contribution < -0.4 is 4.90 Å².